The van der Waals surface area contributed by atoms with Crippen LogP contribution < -0.4 is 4.57 Å². The first-order chi connectivity index (χ1) is 13.3. The van der Waals surface area contributed by atoms with Crippen LogP contribution in [0, 0.1) is 6.92 Å². The van der Waals surface area contributed by atoms with Crippen LogP contribution in [0.4, 0.5) is 0 Å². The number of unbranched alkanes of at least 4 members (excludes halogenated alkanes) is 16. The third-order valence-electron chi connectivity index (χ3n) is 6.10. The molecule has 0 radical (unpaired) electrons. The molecule has 1 rings (SSSR count). The molecule has 1 heterocycles. The monoisotopic (exact) mass is 377 g/mol. The van der Waals surface area contributed by atoms with Gasteiger partial charge in [0, 0.05) is 6.92 Å². The van der Waals surface area contributed by atoms with E-state index in [4.69, 9.17) is 0 Å². The van der Waals surface area contributed by atoms with Crippen LogP contribution in [0.3, 0.4) is 0 Å². The lowest BCUT2D eigenvalue weighted by atomic mass is 10.0. The summed E-state index contributed by atoms with van der Waals surface area (Å²) in [5, 5.41) is 0. The zero-order valence-corrected chi connectivity index (χ0v) is 19.0. The molecule has 27 heavy (non-hydrogen) atoms. The van der Waals surface area contributed by atoms with Gasteiger partial charge in [0.1, 0.15) is 12.4 Å². The van der Waals surface area contributed by atoms with E-state index in [0.29, 0.717) is 0 Å². The maximum Gasteiger partial charge on any atom is 0.253 e. The van der Waals surface area contributed by atoms with E-state index in [1.165, 1.54) is 122 Å². The Hall–Kier alpha value is -0.790. The molecule has 0 aliphatic rings. The molecule has 0 saturated carbocycles. The minimum atomic E-state index is 1.08. The third kappa shape index (κ3) is 12.3. The highest BCUT2D eigenvalue weighted by Crippen LogP contribution is 2.14. The number of imidazole rings is 1. The Bertz CT molecular complexity index is 436. The molecule has 0 aliphatic carbocycles. The zero-order valence-electron chi connectivity index (χ0n) is 19.0. The summed E-state index contributed by atoms with van der Waals surface area (Å²) in [6.45, 7) is 9.02. The van der Waals surface area contributed by atoms with Crippen molar-refractivity contribution in [1.29, 1.82) is 0 Å². The van der Waals surface area contributed by atoms with Gasteiger partial charge in [-0.3, -0.25) is 0 Å². The predicted molar refractivity (Wildman–Crippen MR) is 119 cm³/mol. The Morgan fingerprint density at radius 2 is 1.04 bits per heavy atom. The molecule has 0 saturated heterocycles. The molecule has 0 aromatic carbocycles. The van der Waals surface area contributed by atoms with Gasteiger partial charge in [-0.05, 0) is 19.8 Å². The first-order valence-corrected chi connectivity index (χ1v) is 12.3. The zero-order chi connectivity index (χ0) is 19.6. The second-order valence-electron chi connectivity index (χ2n) is 8.48. The largest absolute Gasteiger partial charge is 0.253 e. The first-order valence-electron chi connectivity index (χ1n) is 12.3. The van der Waals surface area contributed by atoms with Crippen LogP contribution in [0.2, 0.25) is 0 Å². The number of hydrogen-bond donors (Lipinski definition) is 0. The number of aryl methyl sites for hydroxylation is 2. The lowest BCUT2D eigenvalue weighted by Crippen LogP contribution is -2.33. The molecule has 0 unspecified atom stereocenters. The summed E-state index contributed by atoms with van der Waals surface area (Å²) in [6.07, 6.45) is 29.0. The van der Waals surface area contributed by atoms with E-state index >= 15 is 0 Å². The predicted octanol–water partition coefficient (Wildman–Crippen LogP) is 7.76. The maximum atomic E-state index is 2.41. The van der Waals surface area contributed by atoms with Gasteiger partial charge in [-0.15, -0.1) is 0 Å². The van der Waals surface area contributed by atoms with Crippen LogP contribution in [0.15, 0.2) is 12.4 Å². The molecule has 0 aliphatic heterocycles. The SMILES string of the molecule is CCCCCCCCCCCCCCCCCCCn1cc[n+](CC)c1C. The van der Waals surface area contributed by atoms with E-state index in [1.807, 2.05) is 0 Å². The van der Waals surface area contributed by atoms with Crippen LogP contribution >= 0.6 is 0 Å². The van der Waals surface area contributed by atoms with Crippen LogP contribution in [-0.2, 0) is 13.1 Å². The van der Waals surface area contributed by atoms with Crippen LogP contribution in [0.25, 0.3) is 0 Å². The fourth-order valence-corrected chi connectivity index (χ4v) is 4.12. The average molecular weight is 378 g/mol. The average Bonchev–Trinajstić information content (AvgIpc) is 3.04. The standard InChI is InChI=1S/C25H49N2/c1-4-6-7-8-9-10-11-12-13-14-15-16-17-18-19-20-21-22-27-24-23-26(5-2)25(27)3/h23-24H,4-22H2,1-3H3/q+1. The summed E-state index contributed by atoms with van der Waals surface area (Å²) in [5.41, 5.74) is 0. The van der Waals surface area contributed by atoms with E-state index in [2.05, 4.69) is 42.3 Å². The third-order valence-corrected chi connectivity index (χ3v) is 6.10. The van der Waals surface area contributed by atoms with Gasteiger partial charge in [-0.2, -0.15) is 0 Å². The van der Waals surface area contributed by atoms with Crippen molar-refractivity contribution in [1.82, 2.24) is 4.57 Å². The summed E-state index contributed by atoms with van der Waals surface area (Å²) >= 11 is 0. The Morgan fingerprint density at radius 1 is 0.630 bits per heavy atom. The van der Waals surface area contributed by atoms with Gasteiger partial charge < -0.3 is 0 Å². The molecule has 158 valence electrons. The molecule has 1 aromatic rings. The first kappa shape index (κ1) is 24.2. The van der Waals surface area contributed by atoms with Crippen molar-refractivity contribution >= 4 is 0 Å². The Balaban J connectivity index is 1.77. The molecule has 1 aromatic heterocycles. The van der Waals surface area contributed by atoms with Gasteiger partial charge in [0.15, 0.2) is 0 Å². The second-order valence-corrected chi connectivity index (χ2v) is 8.48. The summed E-state index contributed by atoms with van der Waals surface area (Å²) in [5.74, 6) is 1.40. The minimum Gasteiger partial charge on any atom is -0.235 e. The number of hydrogen-bond acceptors (Lipinski definition) is 0. The quantitative estimate of drug-likeness (QED) is 0.172. The molecule has 2 heteroatoms. The Labute approximate surface area is 170 Å². The normalized spacial score (nSPS) is 11.4. The van der Waals surface area contributed by atoms with Gasteiger partial charge in [0.05, 0.1) is 13.1 Å². The molecule has 0 fully saturated rings. The fraction of sp³-hybridized carbons (Fsp3) is 0.880. The van der Waals surface area contributed by atoms with Gasteiger partial charge in [0.25, 0.3) is 5.82 Å². The van der Waals surface area contributed by atoms with Crippen molar-refractivity contribution in [2.24, 2.45) is 0 Å². The lowest BCUT2D eigenvalue weighted by molar-refractivity contribution is -0.699. The van der Waals surface area contributed by atoms with Gasteiger partial charge in [0.2, 0.25) is 0 Å². The van der Waals surface area contributed by atoms with Crippen LogP contribution in [0.5, 0.6) is 0 Å². The second kappa shape index (κ2) is 17.3. The summed E-state index contributed by atoms with van der Waals surface area (Å²) < 4.78 is 4.74. The van der Waals surface area contributed by atoms with E-state index in [-0.39, 0.29) is 0 Å². The highest BCUT2D eigenvalue weighted by molar-refractivity contribution is 4.79. The van der Waals surface area contributed by atoms with Gasteiger partial charge in [-0.25, -0.2) is 9.13 Å². The highest BCUT2D eigenvalue weighted by Gasteiger charge is 2.09. The molecular weight excluding hydrogens is 328 g/mol. The fourth-order valence-electron chi connectivity index (χ4n) is 4.12. The summed E-state index contributed by atoms with van der Waals surface area (Å²) in [6, 6.07) is 0. The molecule has 0 amide bonds. The molecule has 0 N–H and O–H groups in total. The molecule has 0 spiro atoms. The topological polar surface area (TPSA) is 8.81 Å². The van der Waals surface area contributed by atoms with Gasteiger partial charge in [-0.1, -0.05) is 103 Å². The minimum absolute atomic E-state index is 1.08. The number of aromatic nitrogens is 2. The Morgan fingerprint density at radius 3 is 1.41 bits per heavy atom. The van der Waals surface area contributed by atoms with Crippen LogP contribution in [-0.4, -0.2) is 4.57 Å². The molecule has 0 atom stereocenters. The molecule has 2 nitrogen and oxygen atoms in total. The van der Waals surface area contributed by atoms with Crippen molar-refractivity contribution < 1.29 is 4.57 Å². The Kier molecular flexibility index (Phi) is 15.6. The number of nitrogens with zero attached hydrogens (tertiary/aromatic N) is 2. The van der Waals surface area contributed by atoms with E-state index in [9.17, 15) is 0 Å². The van der Waals surface area contributed by atoms with E-state index < -0.39 is 0 Å². The lowest BCUT2D eigenvalue weighted by Gasteiger charge is -2.04. The highest BCUT2D eigenvalue weighted by atomic mass is 15.1. The van der Waals surface area contributed by atoms with E-state index in [1.54, 1.807) is 0 Å². The van der Waals surface area contributed by atoms with Crippen molar-refractivity contribution in [3.63, 3.8) is 0 Å². The van der Waals surface area contributed by atoms with E-state index in [0.717, 1.165) is 6.54 Å². The van der Waals surface area contributed by atoms with Crippen molar-refractivity contribution in [2.75, 3.05) is 0 Å². The van der Waals surface area contributed by atoms with Crippen molar-refractivity contribution in [3.8, 4) is 0 Å². The van der Waals surface area contributed by atoms with Gasteiger partial charge >= 0.3 is 0 Å². The maximum absolute atomic E-state index is 2.41. The molecular formula is C25H49N2+. The van der Waals surface area contributed by atoms with Crippen LogP contribution in [0.1, 0.15) is 129 Å². The summed E-state index contributed by atoms with van der Waals surface area (Å²) in [7, 11) is 0. The number of rotatable bonds is 19. The molecule has 0 bridgehead atoms. The summed E-state index contributed by atoms with van der Waals surface area (Å²) in [4.78, 5) is 0. The van der Waals surface area contributed by atoms with Crippen molar-refractivity contribution in [2.45, 2.75) is 143 Å². The smallest absolute Gasteiger partial charge is 0.235 e. The van der Waals surface area contributed by atoms with Crippen molar-refractivity contribution in [3.05, 3.63) is 18.2 Å².